The second-order valence-corrected chi connectivity index (χ2v) is 6.79. The molecule has 4 rings (SSSR count). The zero-order valence-electron chi connectivity index (χ0n) is 14.5. The number of carbonyl (C=O) groups is 2. The molecule has 0 radical (unpaired) electrons. The number of nitrogens with one attached hydrogen (secondary N) is 2. The minimum Gasteiger partial charge on any atom is -0.465 e. The number of carbonyl (C=O) groups excluding carboxylic acids is 1. The van der Waals surface area contributed by atoms with Crippen molar-refractivity contribution in [1.29, 1.82) is 0 Å². The SMILES string of the molecule is CNC(=O)c1ccc2c(c1)[C@@H]1[C@@H](CCN1C(=O)O)C(c1ccccc1)N2. The highest BCUT2D eigenvalue weighted by Crippen LogP contribution is 2.51. The smallest absolute Gasteiger partial charge is 0.407 e. The van der Waals surface area contributed by atoms with Crippen LogP contribution in [0, 0.1) is 5.92 Å². The summed E-state index contributed by atoms with van der Waals surface area (Å²) in [4.78, 5) is 25.3. The molecule has 134 valence electrons. The van der Waals surface area contributed by atoms with Crippen LogP contribution in [-0.4, -0.2) is 35.6 Å². The first-order valence-corrected chi connectivity index (χ1v) is 8.77. The summed E-state index contributed by atoms with van der Waals surface area (Å²) >= 11 is 0. The van der Waals surface area contributed by atoms with E-state index >= 15 is 0 Å². The van der Waals surface area contributed by atoms with Crippen molar-refractivity contribution in [2.75, 3.05) is 18.9 Å². The van der Waals surface area contributed by atoms with E-state index in [0.717, 1.165) is 23.2 Å². The van der Waals surface area contributed by atoms with Gasteiger partial charge in [-0.3, -0.25) is 4.79 Å². The fourth-order valence-electron chi connectivity index (χ4n) is 4.27. The maximum Gasteiger partial charge on any atom is 0.407 e. The Kier molecular flexibility index (Phi) is 4.03. The molecule has 26 heavy (non-hydrogen) atoms. The molecular weight excluding hydrogens is 330 g/mol. The van der Waals surface area contributed by atoms with Gasteiger partial charge in [-0.15, -0.1) is 0 Å². The van der Waals surface area contributed by atoms with Gasteiger partial charge in [-0.1, -0.05) is 30.3 Å². The van der Waals surface area contributed by atoms with Crippen molar-refractivity contribution in [1.82, 2.24) is 10.2 Å². The molecular formula is C20H21N3O3. The second-order valence-electron chi connectivity index (χ2n) is 6.79. The van der Waals surface area contributed by atoms with Gasteiger partial charge < -0.3 is 20.6 Å². The summed E-state index contributed by atoms with van der Waals surface area (Å²) < 4.78 is 0. The fraction of sp³-hybridized carbons (Fsp3) is 0.300. The Balaban J connectivity index is 1.82. The van der Waals surface area contributed by atoms with E-state index in [9.17, 15) is 14.7 Å². The number of carboxylic acid groups (broad SMARTS) is 1. The lowest BCUT2D eigenvalue weighted by Gasteiger charge is -2.39. The van der Waals surface area contributed by atoms with Crippen molar-refractivity contribution in [3.8, 4) is 0 Å². The van der Waals surface area contributed by atoms with Gasteiger partial charge in [0.25, 0.3) is 5.91 Å². The average Bonchev–Trinajstić information content (AvgIpc) is 3.12. The van der Waals surface area contributed by atoms with Crippen molar-refractivity contribution in [3.05, 3.63) is 65.2 Å². The van der Waals surface area contributed by atoms with Crippen LogP contribution in [0.2, 0.25) is 0 Å². The van der Waals surface area contributed by atoms with E-state index < -0.39 is 6.09 Å². The summed E-state index contributed by atoms with van der Waals surface area (Å²) in [5.74, 6) is -0.0460. The third-order valence-corrected chi connectivity index (χ3v) is 5.45. The van der Waals surface area contributed by atoms with Gasteiger partial charge in [-0.05, 0) is 35.7 Å². The molecule has 2 aliphatic heterocycles. The van der Waals surface area contributed by atoms with E-state index in [1.807, 2.05) is 30.3 Å². The number of hydrogen-bond acceptors (Lipinski definition) is 3. The Bertz CT molecular complexity index is 853. The highest BCUT2D eigenvalue weighted by molar-refractivity contribution is 5.95. The lowest BCUT2D eigenvalue weighted by molar-refractivity contribution is 0.0963. The van der Waals surface area contributed by atoms with E-state index in [0.29, 0.717) is 12.1 Å². The Morgan fingerprint density at radius 3 is 2.65 bits per heavy atom. The molecule has 0 saturated carbocycles. The van der Waals surface area contributed by atoms with Gasteiger partial charge >= 0.3 is 6.09 Å². The number of fused-ring (bicyclic) bond motifs is 3. The molecule has 1 unspecified atom stereocenters. The van der Waals surface area contributed by atoms with Gasteiger partial charge in [0, 0.05) is 30.8 Å². The van der Waals surface area contributed by atoms with Crippen molar-refractivity contribution in [2.24, 2.45) is 5.92 Å². The number of hydrogen-bond donors (Lipinski definition) is 3. The predicted octanol–water partition coefficient (Wildman–Crippen LogP) is 3.25. The van der Waals surface area contributed by atoms with Gasteiger partial charge in [-0.25, -0.2) is 4.79 Å². The molecule has 0 bridgehead atoms. The van der Waals surface area contributed by atoms with Crippen LogP contribution in [-0.2, 0) is 0 Å². The molecule has 2 aliphatic rings. The molecule has 3 atom stereocenters. The molecule has 0 aromatic heterocycles. The highest BCUT2D eigenvalue weighted by Gasteiger charge is 2.46. The standard InChI is InChI=1S/C20H21N3O3/c1-21-19(24)13-7-8-16-15(11-13)18-14(9-10-23(18)20(25)26)17(22-16)12-5-3-2-4-6-12/h2-8,11,14,17-18,22H,9-10H2,1H3,(H,21,24)(H,25,26)/t14-,17?,18-/m0/s1. The quantitative estimate of drug-likeness (QED) is 0.776. The van der Waals surface area contributed by atoms with Crippen molar-refractivity contribution >= 4 is 17.7 Å². The molecule has 0 spiro atoms. The van der Waals surface area contributed by atoms with Crippen LogP contribution in [0.15, 0.2) is 48.5 Å². The van der Waals surface area contributed by atoms with Gasteiger partial charge in [0.2, 0.25) is 0 Å². The maximum absolute atomic E-state index is 12.0. The van der Waals surface area contributed by atoms with Crippen LogP contribution in [0.5, 0.6) is 0 Å². The Morgan fingerprint density at radius 2 is 1.96 bits per heavy atom. The molecule has 0 aliphatic carbocycles. The molecule has 6 nitrogen and oxygen atoms in total. The van der Waals surface area contributed by atoms with Crippen LogP contribution in [0.1, 0.15) is 40.0 Å². The molecule has 2 aromatic rings. The van der Waals surface area contributed by atoms with Crippen LogP contribution in [0.25, 0.3) is 0 Å². The molecule has 1 fully saturated rings. The summed E-state index contributed by atoms with van der Waals surface area (Å²) in [6, 6.07) is 15.4. The third kappa shape index (κ3) is 2.58. The summed E-state index contributed by atoms with van der Waals surface area (Å²) in [5, 5.41) is 15.9. The van der Waals surface area contributed by atoms with Gasteiger partial charge in [-0.2, -0.15) is 0 Å². The molecule has 2 amide bonds. The number of nitrogens with zero attached hydrogens (tertiary/aromatic N) is 1. The minimum absolute atomic E-state index is 0.0453. The van der Waals surface area contributed by atoms with Crippen LogP contribution < -0.4 is 10.6 Å². The lowest BCUT2D eigenvalue weighted by Crippen LogP contribution is -2.37. The van der Waals surface area contributed by atoms with Crippen molar-refractivity contribution in [3.63, 3.8) is 0 Å². The van der Waals surface area contributed by atoms with E-state index in [4.69, 9.17) is 0 Å². The van der Waals surface area contributed by atoms with Gasteiger partial charge in [0.05, 0.1) is 12.1 Å². The van der Waals surface area contributed by atoms with Crippen molar-refractivity contribution < 1.29 is 14.7 Å². The molecule has 3 N–H and O–H groups in total. The van der Waals surface area contributed by atoms with E-state index in [1.165, 1.54) is 4.90 Å². The van der Waals surface area contributed by atoms with Crippen LogP contribution >= 0.6 is 0 Å². The topological polar surface area (TPSA) is 81.7 Å². The zero-order chi connectivity index (χ0) is 18.3. The average molecular weight is 351 g/mol. The number of amides is 2. The normalized spacial score (nSPS) is 23.6. The zero-order valence-corrected chi connectivity index (χ0v) is 14.5. The van der Waals surface area contributed by atoms with E-state index in [-0.39, 0.29) is 23.9 Å². The number of anilines is 1. The molecule has 2 aromatic carbocycles. The monoisotopic (exact) mass is 351 g/mol. The second kappa shape index (κ2) is 6.37. The number of rotatable bonds is 2. The molecule has 2 heterocycles. The van der Waals surface area contributed by atoms with Gasteiger partial charge in [0.1, 0.15) is 0 Å². The van der Waals surface area contributed by atoms with Gasteiger partial charge in [0.15, 0.2) is 0 Å². The number of likely N-dealkylation sites (tertiary alicyclic amines) is 1. The first-order valence-electron chi connectivity index (χ1n) is 8.77. The molecule has 1 saturated heterocycles. The third-order valence-electron chi connectivity index (χ3n) is 5.45. The summed E-state index contributed by atoms with van der Waals surface area (Å²) in [6.45, 7) is 0.499. The van der Waals surface area contributed by atoms with Crippen molar-refractivity contribution in [2.45, 2.75) is 18.5 Å². The van der Waals surface area contributed by atoms with Crippen LogP contribution in [0.3, 0.4) is 0 Å². The Labute approximate surface area is 151 Å². The highest BCUT2D eigenvalue weighted by atomic mass is 16.4. The summed E-state index contributed by atoms with van der Waals surface area (Å²) in [7, 11) is 1.59. The first-order chi connectivity index (χ1) is 12.6. The first kappa shape index (κ1) is 16.4. The minimum atomic E-state index is -0.914. The fourth-order valence-corrected chi connectivity index (χ4v) is 4.27. The Morgan fingerprint density at radius 1 is 1.19 bits per heavy atom. The lowest BCUT2D eigenvalue weighted by atomic mass is 9.79. The van der Waals surface area contributed by atoms with E-state index in [2.05, 4.69) is 22.8 Å². The van der Waals surface area contributed by atoms with E-state index in [1.54, 1.807) is 13.1 Å². The largest absolute Gasteiger partial charge is 0.465 e. The Hall–Kier alpha value is -3.02. The number of benzene rings is 2. The maximum atomic E-state index is 12.0. The summed E-state index contributed by atoms with van der Waals surface area (Å²) in [6.07, 6.45) is -0.129. The predicted molar refractivity (Wildman–Crippen MR) is 98.2 cm³/mol. The summed E-state index contributed by atoms with van der Waals surface area (Å²) in [5.41, 5.74) is 3.46. The van der Waals surface area contributed by atoms with Crippen LogP contribution in [0.4, 0.5) is 10.5 Å². The molecule has 6 heteroatoms.